The molecule has 0 heterocycles. The minimum atomic E-state index is -0.293. The molecule has 0 aliphatic heterocycles. The fourth-order valence-electron chi connectivity index (χ4n) is 2.57. The third kappa shape index (κ3) is 3.10. The van der Waals surface area contributed by atoms with E-state index in [4.69, 9.17) is 15.2 Å². The van der Waals surface area contributed by atoms with Crippen LogP contribution >= 0.6 is 0 Å². The van der Waals surface area contributed by atoms with Crippen LogP contribution in [-0.4, -0.2) is 18.8 Å². The van der Waals surface area contributed by atoms with E-state index in [9.17, 15) is 0 Å². The Balaban J connectivity index is 2.18. The molecule has 1 fully saturated rings. The molecule has 0 bridgehead atoms. The van der Waals surface area contributed by atoms with Crippen molar-refractivity contribution in [3.63, 3.8) is 0 Å². The second kappa shape index (κ2) is 5.93. The van der Waals surface area contributed by atoms with Crippen molar-refractivity contribution in [2.24, 2.45) is 5.73 Å². The van der Waals surface area contributed by atoms with Crippen LogP contribution in [0.25, 0.3) is 0 Å². The first kappa shape index (κ1) is 14.4. The molecule has 3 nitrogen and oxygen atoms in total. The van der Waals surface area contributed by atoms with E-state index in [0.29, 0.717) is 6.10 Å². The number of methoxy groups -OCH3 is 1. The van der Waals surface area contributed by atoms with Crippen molar-refractivity contribution in [1.29, 1.82) is 0 Å². The number of benzene rings is 1. The molecule has 1 aromatic rings. The predicted octanol–water partition coefficient (Wildman–Crippen LogP) is 3.43. The maximum atomic E-state index is 6.44. The summed E-state index contributed by atoms with van der Waals surface area (Å²) in [6.07, 6.45) is 4.55. The second-order valence-corrected chi connectivity index (χ2v) is 5.34. The quantitative estimate of drug-likeness (QED) is 0.819. The summed E-state index contributed by atoms with van der Waals surface area (Å²) in [4.78, 5) is 0. The standard InChI is InChI=1S/C16H25NO2/c1-4-16(5-2,18-3)15(17)12-7-6-8-14(11-12)19-13-9-10-13/h6-8,11,13,15H,4-5,9-10,17H2,1-3H3. The van der Waals surface area contributed by atoms with Gasteiger partial charge in [-0.15, -0.1) is 0 Å². The van der Waals surface area contributed by atoms with E-state index in [1.807, 2.05) is 12.1 Å². The van der Waals surface area contributed by atoms with Gasteiger partial charge in [0.1, 0.15) is 5.75 Å². The minimum Gasteiger partial charge on any atom is -0.490 e. The van der Waals surface area contributed by atoms with Crippen LogP contribution in [0, 0.1) is 0 Å². The van der Waals surface area contributed by atoms with E-state index in [0.717, 1.165) is 24.2 Å². The highest BCUT2D eigenvalue weighted by Gasteiger charge is 2.34. The average Bonchev–Trinajstić information content (AvgIpc) is 3.25. The number of ether oxygens (including phenoxy) is 2. The molecule has 2 rings (SSSR count). The lowest BCUT2D eigenvalue weighted by molar-refractivity contribution is -0.0386. The highest BCUT2D eigenvalue weighted by atomic mass is 16.5. The normalized spacial score (nSPS) is 17.3. The Labute approximate surface area is 116 Å². The first-order valence-electron chi connectivity index (χ1n) is 7.22. The van der Waals surface area contributed by atoms with Gasteiger partial charge in [-0.3, -0.25) is 0 Å². The van der Waals surface area contributed by atoms with Gasteiger partial charge in [-0.2, -0.15) is 0 Å². The lowest BCUT2D eigenvalue weighted by Gasteiger charge is -2.36. The maximum absolute atomic E-state index is 6.44. The van der Waals surface area contributed by atoms with E-state index < -0.39 is 0 Å². The third-order valence-electron chi connectivity index (χ3n) is 4.21. The zero-order chi connectivity index (χ0) is 13.9. The Morgan fingerprint density at radius 1 is 1.32 bits per heavy atom. The topological polar surface area (TPSA) is 44.5 Å². The summed E-state index contributed by atoms with van der Waals surface area (Å²) in [6.45, 7) is 4.24. The molecule has 0 saturated heterocycles. The van der Waals surface area contributed by atoms with Crippen molar-refractivity contribution < 1.29 is 9.47 Å². The van der Waals surface area contributed by atoms with Crippen molar-refractivity contribution in [1.82, 2.24) is 0 Å². The minimum absolute atomic E-state index is 0.129. The van der Waals surface area contributed by atoms with Crippen LogP contribution in [0.4, 0.5) is 0 Å². The Hall–Kier alpha value is -1.06. The van der Waals surface area contributed by atoms with E-state index in [2.05, 4.69) is 26.0 Å². The molecule has 2 N–H and O–H groups in total. The molecule has 19 heavy (non-hydrogen) atoms. The van der Waals surface area contributed by atoms with Crippen molar-refractivity contribution in [3.05, 3.63) is 29.8 Å². The van der Waals surface area contributed by atoms with Gasteiger partial charge in [0, 0.05) is 7.11 Å². The monoisotopic (exact) mass is 263 g/mol. The molecular weight excluding hydrogens is 238 g/mol. The molecule has 0 spiro atoms. The smallest absolute Gasteiger partial charge is 0.120 e. The number of rotatable bonds is 7. The largest absolute Gasteiger partial charge is 0.490 e. The molecular formula is C16H25NO2. The molecule has 106 valence electrons. The van der Waals surface area contributed by atoms with Gasteiger partial charge in [-0.25, -0.2) is 0 Å². The van der Waals surface area contributed by atoms with Crippen LogP contribution in [0.15, 0.2) is 24.3 Å². The van der Waals surface area contributed by atoms with Crippen molar-refractivity contribution in [2.75, 3.05) is 7.11 Å². The van der Waals surface area contributed by atoms with Gasteiger partial charge in [0.15, 0.2) is 0 Å². The Bertz CT molecular complexity index is 403. The molecule has 0 radical (unpaired) electrons. The van der Waals surface area contributed by atoms with Crippen LogP contribution in [0.1, 0.15) is 51.1 Å². The first-order chi connectivity index (χ1) is 9.15. The highest BCUT2D eigenvalue weighted by molar-refractivity contribution is 5.32. The Morgan fingerprint density at radius 3 is 2.53 bits per heavy atom. The van der Waals surface area contributed by atoms with E-state index in [-0.39, 0.29) is 11.6 Å². The summed E-state index contributed by atoms with van der Waals surface area (Å²) in [5.41, 5.74) is 7.23. The van der Waals surface area contributed by atoms with Crippen molar-refractivity contribution in [2.45, 2.75) is 57.3 Å². The maximum Gasteiger partial charge on any atom is 0.120 e. The van der Waals surface area contributed by atoms with Crippen LogP contribution in [0.2, 0.25) is 0 Å². The zero-order valence-corrected chi connectivity index (χ0v) is 12.2. The predicted molar refractivity (Wildman–Crippen MR) is 77.3 cm³/mol. The zero-order valence-electron chi connectivity index (χ0n) is 12.2. The molecule has 0 amide bonds. The fraction of sp³-hybridized carbons (Fsp3) is 0.625. The number of nitrogens with two attached hydrogens (primary N) is 1. The lowest BCUT2D eigenvalue weighted by atomic mass is 9.84. The van der Waals surface area contributed by atoms with Gasteiger partial charge in [0.2, 0.25) is 0 Å². The molecule has 1 unspecified atom stereocenters. The van der Waals surface area contributed by atoms with Gasteiger partial charge in [0.25, 0.3) is 0 Å². The average molecular weight is 263 g/mol. The van der Waals surface area contributed by atoms with E-state index >= 15 is 0 Å². The van der Waals surface area contributed by atoms with E-state index in [1.54, 1.807) is 7.11 Å². The summed E-state index contributed by atoms with van der Waals surface area (Å²) >= 11 is 0. The summed E-state index contributed by atoms with van der Waals surface area (Å²) < 4.78 is 11.6. The molecule has 1 atom stereocenters. The highest BCUT2D eigenvalue weighted by Crippen LogP contribution is 2.35. The van der Waals surface area contributed by atoms with Crippen LogP contribution in [0.3, 0.4) is 0 Å². The van der Waals surface area contributed by atoms with Gasteiger partial charge >= 0.3 is 0 Å². The molecule has 1 aliphatic rings. The summed E-state index contributed by atoms with van der Waals surface area (Å²) in [5.74, 6) is 0.924. The van der Waals surface area contributed by atoms with Crippen LogP contribution < -0.4 is 10.5 Å². The number of hydrogen-bond donors (Lipinski definition) is 1. The Morgan fingerprint density at radius 2 is 2.00 bits per heavy atom. The van der Waals surface area contributed by atoms with Crippen LogP contribution in [-0.2, 0) is 4.74 Å². The summed E-state index contributed by atoms with van der Waals surface area (Å²) in [5, 5.41) is 0. The first-order valence-corrected chi connectivity index (χ1v) is 7.22. The lowest BCUT2D eigenvalue weighted by Crippen LogP contribution is -2.42. The van der Waals surface area contributed by atoms with Crippen molar-refractivity contribution >= 4 is 0 Å². The summed E-state index contributed by atoms with van der Waals surface area (Å²) in [6, 6.07) is 8.00. The summed E-state index contributed by atoms with van der Waals surface area (Å²) in [7, 11) is 1.75. The van der Waals surface area contributed by atoms with E-state index in [1.165, 1.54) is 12.8 Å². The molecule has 1 aliphatic carbocycles. The third-order valence-corrected chi connectivity index (χ3v) is 4.21. The van der Waals surface area contributed by atoms with Crippen molar-refractivity contribution in [3.8, 4) is 5.75 Å². The fourth-order valence-corrected chi connectivity index (χ4v) is 2.57. The van der Waals surface area contributed by atoms with Gasteiger partial charge in [0.05, 0.1) is 17.7 Å². The number of hydrogen-bond acceptors (Lipinski definition) is 3. The van der Waals surface area contributed by atoms with Gasteiger partial charge in [-0.05, 0) is 43.4 Å². The molecule has 0 aromatic heterocycles. The van der Waals surface area contributed by atoms with Gasteiger partial charge in [-0.1, -0.05) is 26.0 Å². The SMILES string of the molecule is CCC(CC)(OC)C(N)c1cccc(OC2CC2)c1. The molecule has 1 aromatic carbocycles. The van der Waals surface area contributed by atoms with Gasteiger partial charge < -0.3 is 15.2 Å². The second-order valence-electron chi connectivity index (χ2n) is 5.34. The Kier molecular flexibility index (Phi) is 4.48. The molecule has 3 heteroatoms. The molecule has 1 saturated carbocycles. The van der Waals surface area contributed by atoms with Crippen LogP contribution in [0.5, 0.6) is 5.75 Å².